The molecule has 1 aliphatic carbocycles. The van der Waals surface area contributed by atoms with Gasteiger partial charge in [0.15, 0.2) is 0 Å². The van der Waals surface area contributed by atoms with Gasteiger partial charge in [-0.2, -0.15) is 0 Å². The van der Waals surface area contributed by atoms with Crippen molar-refractivity contribution in [3.8, 4) is 0 Å². The van der Waals surface area contributed by atoms with E-state index in [-0.39, 0.29) is 0 Å². The molecule has 0 amide bonds. The lowest BCUT2D eigenvalue weighted by atomic mass is 10.0. The zero-order valence-electron chi connectivity index (χ0n) is 7.19. The summed E-state index contributed by atoms with van der Waals surface area (Å²) >= 11 is 0. The molecule has 1 fully saturated rings. The van der Waals surface area contributed by atoms with Crippen molar-refractivity contribution in [1.29, 1.82) is 0 Å². The summed E-state index contributed by atoms with van der Waals surface area (Å²) in [6, 6.07) is 0. The van der Waals surface area contributed by atoms with Gasteiger partial charge in [0.1, 0.15) is 0 Å². The Morgan fingerprint density at radius 1 is 1.60 bits per heavy atom. The zero-order chi connectivity index (χ0) is 7.40. The van der Waals surface area contributed by atoms with Gasteiger partial charge in [-0.1, -0.05) is 31.4 Å². The van der Waals surface area contributed by atoms with Crippen LogP contribution in [0.15, 0.2) is 11.6 Å². The normalized spacial score (nSPS) is 29.8. The Bertz CT molecular complexity index is 122. The fourth-order valence-corrected chi connectivity index (χ4v) is 1.88. The van der Waals surface area contributed by atoms with E-state index in [2.05, 4.69) is 19.9 Å². The number of hydrogen-bond donors (Lipinski definition) is 0. The Kier molecular flexibility index (Phi) is 2.98. The average Bonchev–Trinajstić information content (AvgIpc) is 2.37. The third-order valence-electron chi connectivity index (χ3n) is 2.53. The summed E-state index contributed by atoms with van der Waals surface area (Å²) in [7, 11) is 0. The minimum atomic E-state index is 1.02. The van der Waals surface area contributed by atoms with Gasteiger partial charge < -0.3 is 0 Å². The van der Waals surface area contributed by atoms with Crippen LogP contribution in [0, 0.1) is 5.92 Å². The molecule has 0 bridgehead atoms. The molecule has 1 aliphatic rings. The van der Waals surface area contributed by atoms with Crippen molar-refractivity contribution in [2.45, 2.75) is 46.0 Å². The predicted octanol–water partition coefficient (Wildman–Crippen LogP) is 3.53. The van der Waals surface area contributed by atoms with Crippen LogP contribution in [0.1, 0.15) is 46.0 Å². The summed E-state index contributed by atoms with van der Waals surface area (Å²) in [5.41, 5.74) is 1.69. The summed E-state index contributed by atoms with van der Waals surface area (Å²) in [5.74, 6) is 1.02. The first-order chi connectivity index (χ1) is 4.86. The van der Waals surface area contributed by atoms with Crippen molar-refractivity contribution < 1.29 is 0 Å². The molecule has 0 aromatic carbocycles. The van der Waals surface area contributed by atoms with Gasteiger partial charge in [-0.25, -0.2) is 0 Å². The summed E-state index contributed by atoms with van der Waals surface area (Å²) in [4.78, 5) is 0. The maximum absolute atomic E-state index is 2.30. The molecule has 0 aromatic rings. The standard InChI is InChI=1S/C10H18/c1-3-5-10-7-6-9(4-2)8-10/h4,10H,3,5-8H2,1-2H3/b9-4+/t10-/m0/s1. The SMILES string of the molecule is C/C=C1\CC[C@H](CCC)C1. The average molecular weight is 138 g/mol. The third-order valence-corrected chi connectivity index (χ3v) is 2.53. The molecular formula is C10H18. The van der Waals surface area contributed by atoms with E-state index in [4.69, 9.17) is 0 Å². The maximum Gasteiger partial charge on any atom is -0.0292 e. The van der Waals surface area contributed by atoms with Crippen LogP contribution in [0.5, 0.6) is 0 Å². The molecule has 0 heteroatoms. The van der Waals surface area contributed by atoms with E-state index in [9.17, 15) is 0 Å². The highest BCUT2D eigenvalue weighted by atomic mass is 14.2. The summed E-state index contributed by atoms with van der Waals surface area (Å²) in [5, 5.41) is 0. The van der Waals surface area contributed by atoms with Crippen LogP contribution in [-0.4, -0.2) is 0 Å². The monoisotopic (exact) mass is 138 g/mol. The molecule has 0 radical (unpaired) electrons. The van der Waals surface area contributed by atoms with Crippen molar-refractivity contribution in [2.24, 2.45) is 5.92 Å². The first-order valence-electron chi connectivity index (χ1n) is 4.50. The van der Waals surface area contributed by atoms with E-state index in [1.165, 1.54) is 32.1 Å². The minimum absolute atomic E-state index is 1.02. The molecule has 0 spiro atoms. The molecule has 1 rings (SSSR count). The fourth-order valence-electron chi connectivity index (χ4n) is 1.88. The Balaban J connectivity index is 2.29. The highest BCUT2D eigenvalue weighted by molar-refractivity contribution is 5.06. The smallest absolute Gasteiger partial charge is 0.0292 e. The van der Waals surface area contributed by atoms with Crippen LogP contribution >= 0.6 is 0 Å². The van der Waals surface area contributed by atoms with Crippen molar-refractivity contribution in [3.63, 3.8) is 0 Å². The van der Waals surface area contributed by atoms with Gasteiger partial charge in [0.2, 0.25) is 0 Å². The van der Waals surface area contributed by atoms with Gasteiger partial charge in [-0.05, 0) is 32.1 Å². The first kappa shape index (κ1) is 7.84. The van der Waals surface area contributed by atoms with Crippen LogP contribution in [-0.2, 0) is 0 Å². The second-order valence-electron chi connectivity index (χ2n) is 3.34. The van der Waals surface area contributed by atoms with E-state index >= 15 is 0 Å². The van der Waals surface area contributed by atoms with Crippen molar-refractivity contribution in [3.05, 3.63) is 11.6 Å². The van der Waals surface area contributed by atoms with Crippen molar-refractivity contribution in [2.75, 3.05) is 0 Å². The van der Waals surface area contributed by atoms with E-state index in [1.807, 2.05) is 0 Å². The predicted molar refractivity (Wildman–Crippen MR) is 46.0 cm³/mol. The van der Waals surface area contributed by atoms with E-state index in [0.717, 1.165) is 5.92 Å². The Morgan fingerprint density at radius 3 is 2.90 bits per heavy atom. The van der Waals surface area contributed by atoms with Gasteiger partial charge in [0.25, 0.3) is 0 Å². The van der Waals surface area contributed by atoms with E-state index < -0.39 is 0 Å². The molecule has 0 unspecified atom stereocenters. The lowest BCUT2D eigenvalue weighted by molar-refractivity contribution is 0.503. The number of rotatable bonds is 2. The molecule has 0 nitrogen and oxygen atoms in total. The third kappa shape index (κ3) is 1.86. The van der Waals surface area contributed by atoms with Gasteiger partial charge in [0, 0.05) is 0 Å². The van der Waals surface area contributed by atoms with Gasteiger partial charge in [0.05, 0.1) is 0 Å². The molecular weight excluding hydrogens is 120 g/mol. The minimum Gasteiger partial charge on any atom is -0.0884 e. The molecule has 1 saturated carbocycles. The Labute approximate surface area is 64.3 Å². The second-order valence-corrected chi connectivity index (χ2v) is 3.34. The highest BCUT2D eigenvalue weighted by Gasteiger charge is 2.16. The summed E-state index contributed by atoms with van der Waals surface area (Å²) in [6.45, 7) is 4.46. The summed E-state index contributed by atoms with van der Waals surface area (Å²) in [6.07, 6.45) is 9.33. The van der Waals surface area contributed by atoms with Gasteiger partial charge in [-0.3, -0.25) is 0 Å². The molecule has 0 aliphatic heterocycles. The van der Waals surface area contributed by atoms with Crippen LogP contribution in [0.2, 0.25) is 0 Å². The van der Waals surface area contributed by atoms with E-state index in [1.54, 1.807) is 5.57 Å². The molecule has 0 N–H and O–H groups in total. The Hall–Kier alpha value is -0.260. The van der Waals surface area contributed by atoms with Crippen molar-refractivity contribution in [1.82, 2.24) is 0 Å². The van der Waals surface area contributed by atoms with Gasteiger partial charge >= 0.3 is 0 Å². The molecule has 10 heavy (non-hydrogen) atoms. The van der Waals surface area contributed by atoms with Crippen molar-refractivity contribution >= 4 is 0 Å². The lowest BCUT2D eigenvalue weighted by Crippen LogP contribution is -1.90. The van der Waals surface area contributed by atoms with Crippen LogP contribution in [0.25, 0.3) is 0 Å². The van der Waals surface area contributed by atoms with Crippen LogP contribution in [0.4, 0.5) is 0 Å². The topological polar surface area (TPSA) is 0 Å². The molecule has 58 valence electrons. The lowest BCUT2D eigenvalue weighted by Gasteiger charge is -2.03. The zero-order valence-corrected chi connectivity index (χ0v) is 7.19. The molecule has 0 saturated heterocycles. The fraction of sp³-hybridized carbons (Fsp3) is 0.800. The summed E-state index contributed by atoms with van der Waals surface area (Å²) < 4.78 is 0. The Morgan fingerprint density at radius 2 is 2.40 bits per heavy atom. The number of allylic oxidation sites excluding steroid dienone is 2. The quantitative estimate of drug-likeness (QED) is 0.512. The highest BCUT2D eigenvalue weighted by Crippen LogP contribution is 2.32. The van der Waals surface area contributed by atoms with E-state index in [0.29, 0.717) is 0 Å². The maximum atomic E-state index is 2.30. The second kappa shape index (κ2) is 3.80. The number of hydrogen-bond acceptors (Lipinski definition) is 0. The molecule has 1 atom stereocenters. The first-order valence-corrected chi connectivity index (χ1v) is 4.50. The van der Waals surface area contributed by atoms with Crippen LogP contribution < -0.4 is 0 Å². The van der Waals surface area contributed by atoms with Gasteiger partial charge in [-0.15, -0.1) is 0 Å². The largest absolute Gasteiger partial charge is 0.0884 e. The van der Waals surface area contributed by atoms with Crippen LogP contribution in [0.3, 0.4) is 0 Å². The molecule has 0 heterocycles. The molecule has 0 aromatic heterocycles.